The number of aryl methyl sites for hydroxylation is 1. The molecule has 18 heavy (non-hydrogen) atoms. The normalized spacial score (nSPS) is 14.2. The monoisotopic (exact) mass is 245 g/mol. The Bertz CT molecular complexity index is 633. The van der Waals surface area contributed by atoms with Crippen LogP contribution in [-0.2, 0) is 11.2 Å². The molecule has 0 saturated carbocycles. The van der Waals surface area contributed by atoms with Crippen LogP contribution in [0.2, 0.25) is 0 Å². The summed E-state index contributed by atoms with van der Waals surface area (Å²) in [5, 5.41) is 2.68. The van der Waals surface area contributed by atoms with E-state index in [4.69, 9.17) is 0 Å². The van der Waals surface area contributed by atoms with Gasteiger partial charge in [0.15, 0.2) is 0 Å². The summed E-state index contributed by atoms with van der Waals surface area (Å²) >= 11 is 0. The Hall–Kier alpha value is -2.17. The summed E-state index contributed by atoms with van der Waals surface area (Å²) in [5.74, 6) is 0.401. The van der Waals surface area contributed by atoms with Gasteiger partial charge in [0, 0.05) is 23.2 Å². The first-order chi connectivity index (χ1) is 8.65. The molecule has 0 saturated heterocycles. The average Bonchev–Trinajstić information content (AvgIpc) is 2.76. The second-order valence-corrected chi connectivity index (χ2v) is 4.38. The third-order valence-electron chi connectivity index (χ3n) is 3.11. The number of benzene rings is 1. The summed E-state index contributed by atoms with van der Waals surface area (Å²) in [6.07, 6.45) is 2.38. The molecule has 2 aromatic rings. The van der Waals surface area contributed by atoms with Crippen LogP contribution < -0.4 is 5.32 Å². The van der Waals surface area contributed by atoms with Crippen LogP contribution in [0.25, 0.3) is 11.3 Å². The molecule has 4 nitrogen and oxygen atoms in total. The number of carbonyl (C=O) groups is 1. The number of anilines is 1. The second kappa shape index (κ2) is 3.94. The van der Waals surface area contributed by atoms with Crippen molar-refractivity contribution in [3.8, 4) is 11.3 Å². The zero-order valence-corrected chi connectivity index (χ0v) is 9.88. The van der Waals surface area contributed by atoms with Gasteiger partial charge in [0.05, 0.1) is 11.9 Å². The Labute approximate surface area is 103 Å². The summed E-state index contributed by atoms with van der Waals surface area (Å²) in [7, 11) is 0. The van der Waals surface area contributed by atoms with Gasteiger partial charge in [-0.15, -0.1) is 0 Å². The Morgan fingerprint density at radius 2 is 2.17 bits per heavy atom. The van der Waals surface area contributed by atoms with Crippen LogP contribution in [0.1, 0.15) is 17.8 Å². The number of hydrogen-bond donors (Lipinski definition) is 2. The summed E-state index contributed by atoms with van der Waals surface area (Å²) in [4.78, 5) is 18.3. The number of hydrogen-bond acceptors (Lipinski definition) is 2. The number of imidazole rings is 1. The highest BCUT2D eigenvalue weighted by Crippen LogP contribution is 2.31. The zero-order valence-electron chi connectivity index (χ0n) is 9.88. The SMILES string of the molecule is Cc1ncc(-c2ccc3c(c2F)CCC(=O)N3)[nH]1. The maximum Gasteiger partial charge on any atom is 0.224 e. The number of nitrogens with zero attached hydrogens (tertiary/aromatic N) is 1. The number of amides is 1. The lowest BCUT2D eigenvalue weighted by molar-refractivity contribution is -0.116. The molecule has 2 N–H and O–H groups in total. The lowest BCUT2D eigenvalue weighted by Crippen LogP contribution is -2.20. The van der Waals surface area contributed by atoms with Gasteiger partial charge < -0.3 is 10.3 Å². The van der Waals surface area contributed by atoms with E-state index in [0.717, 1.165) is 5.82 Å². The molecule has 0 radical (unpaired) electrons. The van der Waals surface area contributed by atoms with Crippen LogP contribution in [-0.4, -0.2) is 15.9 Å². The van der Waals surface area contributed by atoms with Gasteiger partial charge in [-0.1, -0.05) is 0 Å². The van der Waals surface area contributed by atoms with E-state index in [-0.39, 0.29) is 11.7 Å². The van der Waals surface area contributed by atoms with Gasteiger partial charge in [0.2, 0.25) is 5.91 Å². The van der Waals surface area contributed by atoms with Crippen molar-refractivity contribution >= 4 is 11.6 Å². The molecule has 1 amide bonds. The van der Waals surface area contributed by atoms with Gasteiger partial charge in [-0.05, 0) is 25.5 Å². The van der Waals surface area contributed by atoms with Gasteiger partial charge in [-0.2, -0.15) is 0 Å². The number of carbonyl (C=O) groups excluding carboxylic acids is 1. The van der Waals surface area contributed by atoms with Crippen molar-refractivity contribution in [3.63, 3.8) is 0 Å². The van der Waals surface area contributed by atoms with Crippen LogP contribution in [0.4, 0.5) is 10.1 Å². The first-order valence-electron chi connectivity index (χ1n) is 5.78. The van der Waals surface area contributed by atoms with E-state index < -0.39 is 0 Å². The zero-order chi connectivity index (χ0) is 12.7. The number of aromatic nitrogens is 2. The van der Waals surface area contributed by atoms with E-state index in [9.17, 15) is 9.18 Å². The molecular formula is C13H12FN3O. The molecule has 1 aromatic carbocycles. The van der Waals surface area contributed by atoms with E-state index in [1.54, 1.807) is 18.3 Å². The molecule has 5 heteroatoms. The van der Waals surface area contributed by atoms with E-state index in [2.05, 4.69) is 15.3 Å². The van der Waals surface area contributed by atoms with Crippen LogP contribution >= 0.6 is 0 Å². The summed E-state index contributed by atoms with van der Waals surface area (Å²) in [6, 6.07) is 3.40. The van der Waals surface area contributed by atoms with Gasteiger partial charge in [0.25, 0.3) is 0 Å². The first kappa shape index (κ1) is 11.0. The standard InChI is InChI=1S/C13H12FN3O/c1-7-15-6-11(16-7)9-2-4-10-8(13(9)14)3-5-12(18)17-10/h2,4,6H,3,5H2,1H3,(H,15,16)(H,17,18). The number of fused-ring (bicyclic) bond motifs is 1. The molecule has 2 heterocycles. The van der Waals surface area contributed by atoms with Gasteiger partial charge in [-0.25, -0.2) is 9.37 Å². The van der Waals surface area contributed by atoms with Crippen molar-refractivity contribution in [2.45, 2.75) is 19.8 Å². The van der Waals surface area contributed by atoms with Crippen LogP contribution in [0.15, 0.2) is 18.3 Å². The molecule has 92 valence electrons. The topological polar surface area (TPSA) is 57.8 Å². The highest BCUT2D eigenvalue weighted by Gasteiger charge is 2.21. The molecule has 0 spiro atoms. The molecule has 1 aliphatic rings. The number of rotatable bonds is 1. The van der Waals surface area contributed by atoms with Gasteiger partial charge >= 0.3 is 0 Å². The minimum atomic E-state index is -0.281. The fraction of sp³-hybridized carbons (Fsp3) is 0.231. The highest BCUT2D eigenvalue weighted by atomic mass is 19.1. The Balaban J connectivity index is 2.11. The average molecular weight is 245 g/mol. The molecule has 1 aliphatic heterocycles. The Morgan fingerprint density at radius 1 is 1.33 bits per heavy atom. The maximum atomic E-state index is 14.4. The van der Waals surface area contributed by atoms with Crippen LogP contribution in [0.3, 0.4) is 0 Å². The lowest BCUT2D eigenvalue weighted by atomic mass is 9.98. The second-order valence-electron chi connectivity index (χ2n) is 4.38. The smallest absolute Gasteiger partial charge is 0.224 e. The largest absolute Gasteiger partial charge is 0.342 e. The predicted octanol–water partition coefficient (Wildman–Crippen LogP) is 2.41. The molecule has 0 bridgehead atoms. The van der Waals surface area contributed by atoms with E-state index in [1.807, 2.05) is 6.92 Å². The fourth-order valence-electron chi connectivity index (χ4n) is 2.20. The quantitative estimate of drug-likeness (QED) is 0.810. The minimum Gasteiger partial charge on any atom is -0.342 e. The van der Waals surface area contributed by atoms with Crippen molar-refractivity contribution in [1.82, 2.24) is 9.97 Å². The molecule has 0 unspecified atom stereocenters. The Kier molecular flexibility index (Phi) is 2.40. The predicted molar refractivity (Wildman–Crippen MR) is 65.7 cm³/mol. The Morgan fingerprint density at radius 3 is 2.89 bits per heavy atom. The minimum absolute atomic E-state index is 0.0629. The van der Waals surface area contributed by atoms with Crippen molar-refractivity contribution in [2.24, 2.45) is 0 Å². The lowest BCUT2D eigenvalue weighted by Gasteiger charge is -2.18. The van der Waals surface area contributed by atoms with E-state index >= 15 is 0 Å². The fourth-order valence-corrected chi connectivity index (χ4v) is 2.20. The van der Waals surface area contributed by atoms with Gasteiger partial charge in [-0.3, -0.25) is 4.79 Å². The van der Waals surface area contributed by atoms with Crippen molar-refractivity contribution in [2.75, 3.05) is 5.32 Å². The van der Waals surface area contributed by atoms with Crippen LogP contribution in [0.5, 0.6) is 0 Å². The molecule has 1 aromatic heterocycles. The molecule has 0 atom stereocenters. The summed E-state index contributed by atoms with van der Waals surface area (Å²) in [6.45, 7) is 1.82. The van der Waals surface area contributed by atoms with Gasteiger partial charge in [0.1, 0.15) is 11.6 Å². The number of halogens is 1. The number of nitrogens with one attached hydrogen (secondary N) is 2. The van der Waals surface area contributed by atoms with E-state index in [0.29, 0.717) is 35.3 Å². The maximum absolute atomic E-state index is 14.4. The number of aromatic amines is 1. The molecule has 0 aliphatic carbocycles. The third-order valence-corrected chi connectivity index (χ3v) is 3.11. The molecular weight excluding hydrogens is 233 g/mol. The van der Waals surface area contributed by atoms with Crippen molar-refractivity contribution in [1.29, 1.82) is 0 Å². The summed E-state index contributed by atoms with van der Waals surface area (Å²) in [5.41, 5.74) is 2.29. The van der Waals surface area contributed by atoms with Crippen LogP contribution in [0, 0.1) is 12.7 Å². The first-order valence-corrected chi connectivity index (χ1v) is 5.78. The van der Waals surface area contributed by atoms with E-state index in [1.165, 1.54) is 0 Å². The molecule has 0 fully saturated rings. The third kappa shape index (κ3) is 1.68. The summed E-state index contributed by atoms with van der Waals surface area (Å²) < 4.78 is 14.4. The molecule has 3 rings (SSSR count). The van der Waals surface area contributed by atoms with Crippen molar-refractivity contribution in [3.05, 3.63) is 35.5 Å². The highest BCUT2D eigenvalue weighted by molar-refractivity contribution is 5.94. The number of H-pyrrole nitrogens is 1. The van der Waals surface area contributed by atoms with Crippen molar-refractivity contribution < 1.29 is 9.18 Å².